The van der Waals surface area contributed by atoms with Crippen molar-refractivity contribution >= 4 is 10.9 Å². The third-order valence-electron chi connectivity index (χ3n) is 3.94. The van der Waals surface area contributed by atoms with Gasteiger partial charge in [0.1, 0.15) is 11.3 Å². The van der Waals surface area contributed by atoms with Gasteiger partial charge in [0.05, 0.1) is 6.61 Å². The maximum Gasteiger partial charge on any atom is 0.145 e. The van der Waals surface area contributed by atoms with Crippen LogP contribution >= 0.6 is 0 Å². The summed E-state index contributed by atoms with van der Waals surface area (Å²) in [7, 11) is 0. The number of nitrogens with zero attached hydrogens (tertiary/aromatic N) is 1. The predicted octanol–water partition coefficient (Wildman–Crippen LogP) is 3.45. The highest BCUT2D eigenvalue weighted by atomic mass is 16.5. The molecule has 3 nitrogen and oxygen atoms in total. The summed E-state index contributed by atoms with van der Waals surface area (Å²) in [5, 5.41) is 4.67. The Balaban J connectivity index is 1.60. The van der Waals surface area contributed by atoms with Gasteiger partial charge in [-0.2, -0.15) is 0 Å². The summed E-state index contributed by atoms with van der Waals surface area (Å²) in [5.41, 5.74) is 2.01. The molecule has 1 aromatic carbocycles. The smallest absolute Gasteiger partial charge is 0.145 e. The molecule has 1 aromatic heterocycles. The number of pyridine rings is 1. The number of benzene rings is 1. The molecule has 1 atom stereocenters. The largest absolute Gasteiger partial charge is 0.491 e. The van der Waals surface area contributed by atoms with Crippen molar-refractivity contribution in [3.8, 4) is 5.75 Å². The Morgan fingerprint density at radius 2 is 2.25 bits per heavy atom. The molecule has 0 amide bonds. The third kappa shape index (κ3) is 3.10. The van der Waals surface area contributed by atoms with Gasteiger partial charge in [-0.25, -0.2) is 4.98 Å². The lowest BCUT2D eigenvalue weighted by molar-refractivity contribution is 0.301. The van der Waals surface area contributed by atoms with Crippen molar-refractivity contribution in [1.82, 2.24) is 10.3 Å². The zero-order chi connectivity index (χ0) is 13.8. The Bertz CT molecular complexity index is 576. The number of fused-ring (bicyclic) bond motifs is 1. The van der Waals surface area contributed by atoms with E-state index in [1.165, 1.54) is 25.8 Å². The number of hydrogen-bond acceptors (Lipinski definition) is 3. The van der Waals surface area contributed by atoms with E-state index in [2.05, 4.69) is 22.4 Å². The van der Waals surface area contributed by atoms with E-state index in [0.717, 1.165) is 35.4 Å². The molecule has 1 aliphatic heterocycles. The van der Waals surface area contributed by atoms with Gasteiger partial charge >= 0.3 is 0 Å². The molecule has 0 saturated carbocycles. The van der Waals surface area contributed by atoms with Crippen molar-refractivity contribution in [2.45, 2.75) is 38.6 Å². The molecule has 0 bridgehead atoms. The van der Waals surface area contributed by atoms with E-state index in [-0.39, 0.29) is 0 Å². The van der Waals surface area contributed by atoms with Crippen LogP contribution in [-0.4, -0.2) is 24.2 Å². The Kier molecular flexibility index (Phi) is 4.16. The van der Waals surface area contributed by atoms with Gasteiger partial charge in [-0.3, -0.25) is 0 Å². The minimum Gasteiger partial charge on any atom is -0.491 e. The molecule has 0 radical (unpaired) electrons. The van der Waals surface area contributed by atoms with Crippen LogP contribution in [0.4, 0.5) is 0 Å². The van der Waals surface area contributed by atoms with Gasteiger partial charge in [-0.15, -0.1) is 0 Å². The molecule has 1 unspecified atom stereocenters. The summed E-state index contributed by atoms with van der Waals surface area (Å²) >= 11 is 0. The zero-order valence-corrected chi connectivity index (χ0v) is 12.1. The van der Waals surface area contributed by atoms with Crippen LogP contribution in [0.25, 0.3) is 10.9 Å². The van der Waals surface area contributed by atoms with Gasteiger partial charge in [-0.1, -0.05) is 18.2 Å². The number of hydrogen-bond donors (Lipinski definition) is 1. The normalized spacial score (nSPS) is 18.6. The second-order valence-corrected chi connectivity index (χ2v) is 5.56. The Morgan fingerprint density at radius 1 is 1.30 bits per heavy atom. The topological polar surface area (TPSA) is 34.1 Å². The number of rotatable bonds is 5. The van der Waals surface area contributed by atoms with E-state index in [9.17, 15) is 0 Å². The molecule has 20 heavy (non-hydrogen) atoms. The molecule has 1 N–H and O–H groups in total. The van der Waals surface area contributed by atoms with Crippen LogP contribution in [0.3, 0.4) is 0 Å². The Hall–Kier alpha value is -1.61. The molecule has 2 aromatic rings. The predicted molar refractivity (Wildman–Crippen MR) is 82.2 cm³/mol. The van der Waals surface area contributed by atoms with Crippen LogP contribution < -0.4 is 10.1 Å². The molecule has 1 saturated heterocycles. The maximum atomic E-state index is 5.94. The first-order chi connectivity index (χ1) is 9.83. The van der Waals surface area contributed by atoms with Crippen molar-refractivity contribution in [3.05, 3.63) is 36.0 Å². The van der Waals surface area contributed by atoms with Crippen molar-refractivity contribution in [2.75, 3.05) is 13.2 Å². The first kappa shape index (κ1) is 13.4. The van der Waals surface area contributed by atoms with Gasteiger partial charge in [-0.05, 0) is 51.3 Å². The SMILES string of the molecule is Cc1ccc2cccc(OCCCC3CCCN3)c2n1. The summed E-state index contributed by atoms with van der Waals surface area (Å²) in [6.45, 7) is 3.97. The Morgan fingerprint density at radius 3 is 3.10 bits per heavy atom. The standard InChI is InChI=1S/C17H22N2O/c1-13-9-10-14-5-2-8-16(17(14)19-13)20-12-4-7-15-6-3-11-18-15/h2,5,8-10,15,18H,3-4,6-7,11-12H2,1H3. The minimum atomic E-state index is 0.700. The fourth-order valence-corrected chi connectivity index (χ4v) is 2.85. The molecule has 106 valence electrons. The first-order valence-electron chi connectivity index (χ1n) is 7.55. The molecule has 0 spiro atoms. The lowest BCUT2D eigenvalue weighted by Crippen LogP contribution is -2.21. The molecule has 3 heteroatoms. The number of aryl methyl sites for hydroxylation is 1. The van der Waals surface area contributed by atoms with Crippen LogP contribution in [0, 0.1) is 6.92 Å². The van der Waals surface area contributed by atoms with Crippen molar-refractivity contribution in [1.29, 1.82) is 0 Å². The summed E-state index contributed by atoms with van der Waals surface area (Å²) < 4.78 is 5.94. The lowest BCUT2D eigenvalue weighted by atomic mass is 10.1. The molecular formula is C17H22N2O. The quantitative estimate of drug-likeness (QED) is 0.845. The van der Waals surface area contributed by atoms with Crippen molar-refractivity contribution in [3.63, 3.8) is 0 Å². The van der Waals surface area contributed by atoms with Gasteiger partial charge in [0, 0.05) is 17.1 Å². The van der Waals surface area contributed by atoms with Crippen LogP contribution in [0.1, 0.15) is 31.4 Å². The van der Waals surface area contributed by atoms with Crippen molar-refractivity contribution in [2.24, 2.45) is 0 Å². The molecule has 3 rings (SSSR count). The number of aromatic nitrogens is 1. The highest BCUT2D eigenvalue weighted by Crippen LogP contribution is 2.24. The van der Waals surface area contributed by atoms with E-state index < -0.39 is 0 Å². The van der Waals surface area contributed by atoms with Crippen LogP contribution in [0.15, 0.2) is 30.3 Å². The lowest BCUT2D eigenvalue weighted by Gasteiger charge is -2.12. The highest BCUT2D eigenvalue weighted by molar-refractivity contribution is 5.84. The average molecular weight is 270 g/mol. The summed E-state index contributed by atoms with van der Waals surface area (Å²) in [4.78, 5) is 4.59. The summed E-state index contributed by atoms with van der Waals surface area (Å²) in [6, 6.07) is 11.0. The number of para-hydroxylation sites is 1. The molecule has 1 fully saturated rings. The summed E-state index contributed by atoms with van der Waals surface area (Å²) in [6.07, 6.45) is 4.93. The van der Waals surface area contributed by atoms with Gasteiger partial charge < -0.3 is 10.1 Å². The monoisotopic (exact) mass is 270 g/mol. The highest BCUT2D eigenvalue weighted by Gasteiger charge is 2.13. The molecule has 1 aliphatic rings. The second kappa shape index (κ2) is 6.23. The molecule has 2 heterocycles. The number of ether oxygens (including phenoxy) is 1. The van der Waals surface area contributed by atoms with E-state index >= 15 is 0 Å². The van der Waals surface area contributed by atoms with Crippen molar-refractivity contribution < 1.29 is 4.74 Å². The second-order valence-electron chi connectivity index (χ2n) is 5.56. The van der Waals surface area contributed by atoms with E-state index in [1.54, 1.807) is 0 Å². The van der Waals surface area contributed by atoms with E-state index in [1.807, 2.05) is 25.1 Å². The fourth-order valence-electron chi connectivity index (χ4n) is 2.85. The zero-order valence-electron chi connectivity index (χ0n) is 12.1. The Labute approximate surface area is 120 Å². The van der Waals surface area contributed by atoms with Crippen LogP contribution in [-0.2, 0) is 0 Å². The fraction of sp³-hybridized carbons (Fsp3) is 0.471. The molecular weight excluding hydrogens is 248 g/mol. The minimum absolute atomic E-state index is 0.700. The summed E-state index contributed by atoms with van der Waals surface area (Å²) in [5.74, 6) is 0.908. The van der Waals surface area contributed by atoms with Crippen LogP contribution in [0.5, 0.6) is 5.75 Å². The third-order valence-corrected chi connectivity index (χ3v) is 3.94. The van der Waals surface area contributed by atoms with Gasteiger partial charge in [0.15, 0.2) is 0 Å². The van der Waals surface area contributed by atoms with E-state index in [0.29, 0.717) is 6.04 Å². The maximum absolute atomic E-state index is 5.94. The van der Waals surface area contributed by atoms with Gasteiger partial charge in [0.25, 0.3) is 0 Å². The number of nitrogens with one attached hydrogen (secondary N) is 1. The first-order valence-corrected chi connectivity index (χ1v) is 7.55. The molecule has 0 aliphatic carbocycles. The van der Waals surface area contributed by atoms with E-state index in [4.69, 9.17) is 4.74 Å². The van der Waals surface area contributed by atoms with Crippen LogP contribution in [0.2, 0.25) is 0 Å². The average Bonchev–Trinajstić information content (AvgIpc) is 2.97. The van der Waals surface area contributed by atoms with Gasteiger partial charge in [0.2, 0.25) is 0 Å².